The maximum Gasteiger partial charge on any atom is 0.0845 e. The molecule has 7 rings (SSSR count). The maximum atomic E-state index is 11.2. The van der Waals surface area contributed by atoms with Crippen LogP contribution in [0.4, 0.5) is 0 Å². The van der Waals surface area contributed by atoms with Gasteiger partial charge in [-0.25, -0.2) is 0 Å². The molecule has 8 heteroatoms. The van der Waals surface area contributed by atoms with E-state index in [1.54, 1.807) is 0 Å². The molecule has 0 aliphatic carbocycles. The van der Waals surface area contributed by atoms with Crippen LogP contribution in [0.2, 0.25) is 10.0 Å². The maximum absolute atomic E-state index is 11.2. The molecule has 3 heterocycles. The van der Waals surface area contributed by atoms with E-state index >= 15 is 0 Å². The SMILES string of the molecule is O[C@H](CN1CCN(C[C@H](O)Cn2c3ccccc3c3ccccc32)CC1)Cn1c2ccc(Cl)cc2c2cc(Cl)ccc21. The number of aromatic nitrogens is 2. The third-order valence-electron chi connectivity index (χ3n) is 8.66. The number of fused-ring (bicyclic) bond motifs is 6. The number of β-amino-alcohol motifs (C(OH)–C–C–N with tert-alkyl or cyclic N) is 2. The van der Waals surface area contributed by atoms with Crippen LogP contribution in [0.5, 0.6) is 0 Å². The third kappa shape index (κ3) is 5.28. The molecule has 2 aromatic heterocycles. The molecule has 2 atom stereocenters. The van der Waals surface area contributed by atoms with E-state index < -0.39 is 12.2 Å². The van der Waals surface area contributed by atoms with Gasteiger partial charge in [0.15, 0.2) is 0 Å². The molecular weight excluding hydrogens is 567 g/mol. The highest BCUT2D eigenvalue weighted by molar-refractivity contribution is 6.33. The number of para-hydroxylation sites is 2. The Morgan fingerprint density at radius 3 is 1.31 bits per heavy atom. The van der Waals surface area contributed by atoms with Crippen LogP contribution in [0, 0.1) is 0 Å². The molecule has 0 amide bonds. The number of benzene rings is 4. The highest BCUT2D eigenvalue weighted by Crippen LogP contribution is 2.33. The van der Waals surface area contributed by atoms with Gasteiger partial charge in [0.25, 0.3) is 0 Å². The average Bonchev–Trinajstić information content (AvgIpc) is 3.46. The monoisotopic (exact) mass is 600 g/mol. The third-order valence-corrected chi connectivity index (χ3v) is 9.13. The lowest BCUT2D eigenvalue weighted by molar-refractivity contribution is 0.0415. The molecule has 4 aromatic carbocycles. The van der Waals surface area contributed by atoms with E-state index in [-0.39, 0.29) is 0 Å². The number of hydrogen-bond donors (Lipinski definition) is 2. The summed E-state index contributed by atoms with van der Waals surface area (Å²) in [4.78, 5) is 4.66. The molecule has 0 bridgehead atoms. The van der Waals surface area contributed by atoms with E-state index in [4.69, 9.17) is 23.2 Å². The van der Waals surface area contributed by atoms with Crippen molar-refractivity contribution in [3.8, 4) is 0 Å². The number of nitrogens with zero attached hydrogens (tertiary/aromatic N) is 4. The van der Waals surface area contributed by atoms with Gasteiger partial charge in [-0.15, -0.1) is 0 Å². The summed E-state index contributed by atoms with van der Waals surface area (Å²) in [5, 5.41) is 28.2. The number of piperazine rings is 1. The standard InChI is InChI=1S/C34H34Cl2N4O2/c35-23-9-11-33-29(17-23)30-18-24(36)10-12-34(30)40(33)22-26(42)20-38-15-13-37(14-16-38)19-25(41)21-39-31-7-3-1-5-27(31)28-6-2-4-8-32(28)39/h1-12,17-18,25-26,41-42H,13-16,19-22H2/t25-,26+/m0/s1. The normalized spacial score (nSPS) is 16.7. The fourth-order valence-corrected chi connectivity index (χ4v) is 7.08. The van der Waals surface area contributed by atoms with Crippen LogP contribution in [0.1, 0.15) is 0 Å². The van der Waals surface area contributed by atoms with Gasteiger partial charge < -0.3 is 19.3 Å². The van der Waals surface area contributed by atoms with Crippen molar-refractivity contribution in [3.63, 3.8) is 0 Å². The molecule has 42 heavy (non-hydrogen) atoms. The average molecular weight is 602 g/mol. The molecule has 1 fully saturated rings. The minimum absolute atomic E-state index is 0.473. The van der Waals surface area contributed by atoms with Crippen LogP contribution >= 0.6 is 23.2 Å². The molecule has 1 aliphatic heterocycles. The molecule has 1 saturated heterocycles. The molecular formula is C34H34Cl2N4O2. The van der Waals surface area contributed by atoms with Crippen molar-refractivity contribution >= 4 is 66.8 Å². The smallest absolute Gasteiger partial charge is 0.0845 e. The lowest BCUT2D eigenvalue weighted by atomic mass is 10.1. The van der Waals surface area contributed by atoms with E-state index in [2.05, 4.69) is 67.5 Å². The first-order chi connectivity index (χ1) is 20.4. The Kier molecular flexibility index (Phi) is 7.61. The Hall–Kier alpha value is -3.10. The minimum Gasteiger partial charge on any atom is -0.390 e. The first-order valence-corrected chi connectivity index (χ1v) is 15.3. The summed E-state index contributed by atoms with van der Waals surface area (Å²) in [6, 6.07) is 28.6. The molecule has 0 spiro atoms. The Balaban J connectivity index is 0.975. The molecule has 6 nitrogen and oxygen atoms in total. The minimum atomic E-state index is -0.525. The Labute approximate surface area is 254 Å². The quantitative estimate of drug-likeness (QED) is 0.217. The predicted octanol–water partition coefficient (Wildman–Crippen LogP) is 6.25. The molecule has 6 aromatic rings. The Bertz CT molecular complexity index is 1780. The summed E-state index contributed by atoms with van der Waals surface area (Å²) in [7, 11) is 0. The number of aliphatic hydroxyl groups excluding tert-OH is 2. The first-order valence-electron chi connectivity index (χ1n) is 14.6. The van der Waals surface area contributed by atoms with E-state index in [9.17, 15) is 10.2 Å². The van der Waals surface area contributed by atoms with E-state index in [1.165, 1.54) is 10.8 Å². The van der Waals surface area contributed by atoms with Gasteiger partial charge in [-0.3, -0.25) is 9.80 Å². The van der Waals surface area contributed by atoms with Gasteiger partial charge in [-0.2, -0.15) is 0 Å². The summed E-state index contributed by atoms with van der Waals surface area (Å²) in [5.41, 5.74) is 4.40. The van der Waals surface area contributed by atoms with Crippen molar-refractivity contribution in [2.45, 2.75) is 25.3 Å². The fourth-order valence-electron chi connectivity index (χ4n) is 6.73. The van der Waals surface area contributed by atoms with Gasteiger partial charge in [0.1, 0.15) is 0 Å². The molecule has 0 unspecified atom stereocenters. The molecule has 0 saturated carbocycles. The highest BCUT2D eigenvalue weighted by atomic mass is 35.5. The van der Waals surface area contributed by atoms with Crippen molar-refractivity contribution in [1.29, 1.82) is 0 Å². The van der Waals surface area contributed by atoms with Crippen LogP contribution in [-0.4, -0.2) is 80.6 Å². The predicted molar refractivity (Wildman–Crippen MR) is 174 cm³/mol. The summed E-state index contributed by atoms with van der Waals surface area (Å²) in [6.07, 6.45) is -0.999. The molecule has 1 aliphatic rings. The fraction of sp³-hybridized carbons (Fsp3) is 0.294. The zero-order valence-electron chi connectivity index (χ0n) is 23.3. The van der Waals surface area contributed by atoms with Gasteiger partial charge in [-0.05, 0) is 48.5 Å². The van der Waals surface area contributed by atoms with Crippen LogP contribution in [0.3, 0.4) is 0 Å². The Morgan fingerprint density at radius 1 is 0.500 bits per heavy atom. The van der Waals surface area contributed by atoms with Crippen LogP contribution in [0.15, 0.2) is 84.9 Å². The van der Waals surface area contributed by atoms with Gasteiger partial charge in [0, 0.05) is 92.9 Å². The van der Waals surface area contributed by atoms with E-state index in [0.29, 0.717) is 36.2 Å². The summed E-state index contributed by atoms with van der Waals surface area (Å²) < 4.78 is 4.42. The molecule has 2 N–H and O–H groups in total. The topological polar surface area (TPSA) is 56.8 Å². The summed E-state index contributed by atoms with van der Waals surface area (Å²) >= 11 is 12.6. The largest absolute Gasteiger partial charge is 0.390 e. The van der Waals surface area contributed by atoms with Gasteiger partial charge >= 0.3 is 0 Å². The van der Waals surface area contributed by atoms with Crippen LogP contribution in [0.25, 0.3) is 43.6 Å². The van der Waals surface area contributed by atoms with Crippen molar-refractivity contribution in [2.75, 3.05) is 39.3 Å². The van der Waals surface area contributed by atoms with Crippen LogP contribution < -0.4 is 0 Å². The lowest BCUT2D eigenvalue weighted by Gasteiger charge is -2.36. The highest BCUT2D eigenvalue weighted by Gasteiger charge is 2.23. The number of halogens is 2. The number of aliphatic hydroxyl groups is 2. The van der Waals surface area contributed by atoms with Crippen molar-refractivity contribution in [1.82, 2.24) is 18.9 Å². The van der Waals surface area contributed by atoms with Crippen molar-refractivity contribution in [3.05, 3.63) is 95.0 Å². The second kappa shape index (κ2) is 11.5. The number of rotatable bonds is 8. The zero-order chi connectivity index (χ0) is 28.8. The van der Waals surface area contributed by atoms with Crippen LogP contribution in [-0.2, 0) is 13.1 Å². The second-order valence-corrected chi connectivity index (χ2v) is 12.4. The van der Waals surface area contributed by atoms with E-state index in [0.717, 1.165) is 59.0 Å². The van der Waals surface area contributed by atoms with Gasteiger partial charge in [0.2, 0.25) is 0 Å². The molecule has 0 radical (unpaired) electrons. The second-order valence-electron chi connectivity index (χ2n) is 11.5. The Morgan fingerprint density at radius 2 is 0.881 bits per heavy atom. The lowest BCUT2D eigenvalue weighted by Crippen LogP contribution is -2.50. The summed E-state index contributed by atoms with van der Waals surface area (Å²) in [5.74, 6) is 0. The zero-order valence-corrected chi connectivity index (χ0v) is 24.8. The summed E-state index contributed by atoms with van der Waals surface area (Å²) in [6.45, 7) is 5.72. The number of hydrogen-bond acceptors (Lipinski definition) is 4. The van der Waals surface area contributed by atoms with Crippen molar-refractivity contribution in [2.24, 2.45) is 0 Å². The van der Waals surface area contributed by atoms with Crippen molar-refractivity contribution < 1.29 is 10.2 Å². The first kappa shape index (κ1) is 27.7. The van der Waals surface area contributed by atoms with E-state index in [1.807, 2.05) is 36.4 Å². The van der Waals surface area contributed by atoms with Gasteiger partial charge in [0.05, 0.1) is 25.3 Å². The van der Waals surface area contributed by atoms with Gasteiger partial charge in [-0.1, -0.05) is 59.6 Å². The molecule has 216 valence electrons.